The zero-order chi connectivity index (χ0) is 13.7. The number of nitriles is 1. The molecule has 0 unspecified atom stereocenters. The molecule has 1 aromatic heterocycles. The van der Waals surface area contributed by atoms with Crippen LogP contribution in [0, 0.1) is 18.3 Å². The van der Waals surface area contributed by atoms with E-state index in [1.54, 1.807) is 6.20 Å². The third-order valence-corrected chi connectivity index (χ3v) is 3.14. The average Bonchev–Trinajstić information content (AvgIpc) is 2.46. The van der Waals surface area contributed by atoms with Gasteiger partial charge in [0.25, 0.3) is 0 Å². The molecule has 0 bridgehead atoms. The van der Waals surface area contributed by atoms with Crippen LogP contribution < -0.4 is 4.90 Å². The number of pyridine rings is 1. The van der Waals surface area contributed by atoms with Crippen LogP contribution in [0.2, 0.25) is 0 Å². The molecule has 2 rings (SSSR count). The van der Waals surface area contributed by atoms with E-state index in [0.717, 1.165) is 35.6 Å². The van der Waals surface area contributed by atoms with Gasteiger partial charge in [-0.15, -0.1) is 0 Å². The summed E-state index contributed by atoms with van der Waals surface area (Å²) >= 11 is 0. The first-order valence-electron chi connectivity index (χ1n) is 6.40. The van der Waals surface area contributed by atoms with Gasteiger partial charge in [-0.05, 0) is 37.6 Å². The largest absolute Gasteiger partial charge is 0.365 e. The summed E-state index contributed by atoms with van der Waals surface area (Å²) in [7, 11) is 0. The maximum atomic E-state index is 9.26. The highest BCUT2D eigenvalue weighted by molar-refractivity contribution is 5.64. The smallest absolute Gasteiger partial charge is 0.101 e. The van der Waals surface area contributed by atoms with Crippen LogP contribution in [0.4, 0.5) is 5.69 Å². The molecule has 1 aromatic carbocycles. The van der Waals surface area contributed by atoms with Crippen molar-refractivity contribution in [1.29, 1.82) is 5.26 Å². The Kier molecular flexibility index (Phi) is 4.15. The Morgan fingerprint density at radius 1 is 1.21 bits per heavy atom. The molecule has 0 atom stereocenters. The second-order valence-electron chi connectivity index (χ2n) is 4.42. The summed E-state index contributed by atoms with van der Waals surface area (Å²) in [5.74, 6) is 0. The molecule has 96 valence electrons. The highest BCUT2D eigenvalue weighted by Gasteiger charge is 2.13. The second-order valence-corrected chi connectivity index (χ2v) is 4.42. The molecule has 3 nitrogen and oxygen atoms in total. The van der Waals surface area contributed by atoms with Crippen molar-refractivity contribution >= 4 is 5.69 Å². The van der Waals surface area contributed by atoms with Crippen molar-refractivity contribution in [3.05, 3.63) is 59.4 Å². The molecule has 0 aliphatic heterocycles. The maximum Gasteiger partial charge on any atom is 0.101 e. The number of hydrogen-bond donors (Lipinski definition) is 0. The molecular formula is C16H17N3. The number of nitrogens with zero attached hydrogens (tertiary/aromatic N) is 3. The summed E-state index contributed by atoms with van der Waals surface area (Å²) in [5, 5.41) is 9.26. The molecule has 0 aliphatic carbocycles. The standard InChI is InChI=1S/C16H17N3/c1-3-19(12-15-9-4-5-10-18-15)16-13(2)7-6-8-14(16)11-17/h4-10H,3,12H2,1-2H3. The highest BCUT2D eigenvalue weighted by Crippen LogP contribution is 2.25. The molecule has 0 saturated carbocycles. The van der Waals surface area contributed by atoms with Crippen molar-refractivity contribution in [1.82, 2.24) is 4.98 Å². The summed E-state index contributed by atoms with van der Waals surface area (Å²) in [6, 6.07) is 14.0. The first-order chi connectivity index (χ1) is 9.26. The lowest BCUT2D eigenvalue weighted by Crippen LogP contribution is -2.24. The first kappa shape index (κ1) is 13.1. The Labute approximate surface area is 114 Å². The van der Waals surface area contributed by atoms with Crippen LogP contribution in [0.25, 0.3) is 0 Å². The number of hydrogen-bond acceptors (Lipinski definition) is 3. The van der Waals surface area contributed by atoms with Crippen LogP contribution in [0.1, 0.15) is 23.7 Å². The van der Waals surface area contributed by atoms with E-state index in [4.69, 9.17) is 0 Å². The Hall–Kier alpha value is -2.34. The molecular weight excluding hydrogens is 234 g/mol. The van der Waals surface area contributed by atoms with Gasteiger partial charge < -0.3 is 4.90 Å². The molecule has 0 N–H and O–H groups in total. The van der Waals surface area contributed by atoms with E-state index in [0.29, 0.717) is 0 Å². The van der Waals surface area contributed by atoms with Crippen molar-refractivity contribution in [2.45, 2.75) is 20.4 Å². The van der Waals surface area contributed by atoms with E-state index in [2.05, 4.69) is 22.9 Å². The van der Waals surface area contributed by atoms with E-state index in [9.17, 15) is 5.26 Å². The Morgan fingerprint density at radius 3 is 2.68 bits per heavy atom. The lowest BCUT2D eigenvalue weighted by molar-refractivity contribution is 0.805. The third-order valence-electron chi connectivity index (χ3n) is 3.14. The van der Waals surface area contributed by atoms with Gasteiger partial charge in [0.05, 0.1) is 23.5 Å². The van der Waals surface area contributed by atoms with Gasteiger partial charge >= 0.3 is 0 Å². The fourth-order valence-corrected chi connectivity index (χ4v) is 2.21. The van der Waals surface area contributed by atoms with E-state index in [-0.39, 0.29) is 0 Å². The molecule has 0 aliphatic rings. The Balaban J connectivity index is 2.36. The lowest BCUT2D eigenvalue weighted by Gasteiger charge is -2.25. The zero-order valence-electron chi connectivity index (χ0n) is 11.3. The predicted molar refractivity (Wildman–Crippen MR) is 76.9 cm³/mol. The van der Waals surface area contributed by atoms with Crippen molar-refractivity contribution in [3.8, 4) is 6.07 Å². The second kappa shape index (κ2) is 6.01. The van der Waals surface area contributed by atoms with Crippen LogP contribution in [0.5, 0.6) is 0 Å². The summed E-state index contributed by atoms with van der Waals surface area (Å²) in [6.45, 7) is 5.70. The van der Waals surface area contributed by atoms with Crippen molar-refractivity contribution in [2.24, 2.45) is 0 Å². The summed E-state index contributed by atoms with van der Waals surface area (Å²) in [6.07, 6.45) is 1.80. The van der Waals surface area contributed by atoms with Crippen molar-refractivity contribution in [3.63, 3.8) is 0 Å². The van der Waals surface area contributed by atoms with E-state index < -0.39 is 0 Å². The van der Waals surface area contributed by atoms with Crippen LogP contribution >= 0.6 is 0 Å². The summed E-state index contributed by atoms with van der Waals surface area (Å²) < 4.78 is 0. The molecule has 2 aromatic rings. The van der Waals surface area contributed by atoms with Crippen LogP contribution in [0.3, 0.4) is 0 Å². The number of benzene rings is 1. The molecule has 0 radical (unpaired) electrons. The zero-order valence-corrected chi connectivity index (χ0v) is 11.3. The fraction of sp³-hybridized carbons (Fsp3) is 0.250. The quantitative estimate of drug-likeness (QED) is 0.837. The fourth-order valence-electron chi connectivity index (χ4n) is 2.21. The topological polar surface area (TPSA) is 39.9 Å². The number of anilines is 1. The van der Waals surface area contributed by atoms with Crippen LogP contribution in [-0.4, -0.2) is 11.5 Å². The Bertz CT molecular complexity index is 585. The Morgan fingerprint density at radius 2 is 2.05 bits per heavy atom. The number of aromatic nitrogens is 1. The number of aryl methyl sites for hydroxylation is 1. The predicted octanol–water partition coefficient (Wildman–Crippen LogP) is 3.29. The third kappa shape index (κ3) is 2.92. The lowest BCUT2D eigenvalue weighted by atomic mass is 10.1. The van der Waals surface area contributed by atoms with Crippen LogP contribution in [-0.2, 0) is 6.54 Å². The maximum absolute atomic E-state index is 9.26. The minimum atomic E-state index is 0.719. The summed E-state index contributed by atoms with van der Waals surface area (Å²) in [5.41, 5.74) is 3.87. The number of rotatable bonds is 4. The number of para-hydroxylation sites is 1. The van der Waals surface area contributed by atoms with Gasteiger partial charge in [0.2, 0.25) is 0 Å². The highest BCUT2D eigenvalue weighted by atomic mass is 15.1. The molecule has 19 heavy (non-hydrogen) atoms. The summed E-state index contributed by atoms with van der Waals surface area (Å²) in [4.78, 5) is 6.54. The van der Waals surface area contributed by atoms with Gasteiger partial charge in [-0.1, -0.05) is 18.2 Å². The molecule has 0 saturated heterocycles. The minimum Gasteiger partial charge on any atom is -0.365 e. The van der Waals surface area contributed by atoms with Gasteiger partial charge in [0.1, 0.15) is 6.07 Å². The van der Waals surface area contributed by atoms with E-state index >= 15 is 0 Å². The van der Waals surface area contributed by atoms with Crippen LogP contribution in [0.15, 0.2) is 42.6 Å². The van der Waals surface area contributed by atoms with Gasteiger partial charge in [-0.25, -0.2) is 0 Å². The van der Waals surface area contributed by atoms with E-state index in [1.807, 2.05) is 43.3 Å². The molecule has 1 heterocycles. The SMILES string of the molecule is CCN(Cc1ccccn1)c1c(C)cccc1C#N. The molecule has 0 spiro atoms. The monoisotopic (exact) mass is 251 g/mol. The molecule has 3 heteroatoms. The van der Waals surface area contributed by atoms with E-state index in [1.165, 1.54) is 0 Å². The first-order valence-corrected chi connectivity index (χ1v) is 6.40. The minimum absolute atomic E-state index is 0.719. The average molecular weight is 251 g/mol. The van der Waals surface area contributed by atoms with Crippen molar-refractivity contribution < 1.29 is 0 Å². The normalized spacial score (nSPS) is 9.95. The van der Waals surface area contributed by atoms with Gasteiger partial charge in [0.15, 0.2) is 0 Å². The van der Waals surface area contributed by atoms with Gasteiger partial charge in [-0.3, -0.25) is 4.98 Å². The van der Waals surface area contributed by atoms with Crippen molar-refractivity contribution in [2.75, 3.05) is 11.4 Å². The van der Waals surface area contributed by atoms with Gasteiger partial charge in [-0.2, -0.15) is 5.26 Å². The molecule has 0 amide bonds. The van der Waals surface area contributed by atoms with Gasteiger partial charge in [0, 0.05) is 12.7 Å². The molecule has 0 fully saturated rings.